The monoisotopic (exact) mass is 331 g/mol. The molecule has 24 heavy (non-hydrogen) atoms. The van der Waals surface area contributed by atoms with Gasteiger partial charge < -0.3 is 4.74 Å². The predicted molar refractivity (Wildman–Crippen MR) is 87.8 cm³/mol. The molecule has 1 aromatic heterocycles. The van der Waals surface area contributed by atoms with Gasteiger partial charge in [0, 0.05) is 31.4 Å². The van der Waals surface area contributed by atoms with E-state index >= 15 is 0 Å². The molecule has 6 nitrogen and oxygen atoms in total. The maximum absolute atomic E-state index is 12.3. The maximum Gasteiger partial charge on any atom is 0.248 e. The van der Waals surface area contributed by atoms with Crippen LogP contribution in [0.25, 0.3) is 0 Å². The lowest BCUT2D eigenvalue weighted by atomic mass is 9.83. The Morgan fingerprint density at radius 3 is 2.96 bits per heavy atom. The Kier molecular flexibility index (Phi) is 4.78. The van der Waals surface area contributed by atoms with Crippen LogP contribution in [0, 0.1) is 11.8 Å². The van der Waals surface area contributed by atoms with Gasteiger partial charge in [-0.15, -0.1) is 0 Å². The molecule has 4 rings (SSSR count). The first-order valence-corrected chi connectivity index (χ1v) is 8.96. The highest BCUT2D eigenvalue weighted by molar-refractivity contribution is 5.75. The number of hydrogen-bond donors (Lipinski definition) is 0. The van der Waals surface area contributed by atoms with E-state index in [1.54, 1.807) is 0 Å². The molecule has 0 radical (unpaired) electrons. The van der Waals surface area contributed by atoms with Crippen LogP contribution in [-0.4, -0.2) is 59.8 Å². The molecule has 0 bridgehead atoms. The zero-order valence-electron chi connectivity index (χ0n) is 14.0. The van der Waals surface area contributed by atoms with Crippen molar-refractivity contribution in [1.29, 1.82) is 0 Å². The Morgan fingerprint density at radius 1 is 1.29 bits per heavy atom. The van der Waals surface area contributed by atoms with Crippen LogP contribution in [0.5, 0.6) is 0 Å². The summed E-state index contributed by atoms with van der Waals surface area (Å²) in [6.45, 7) is 5.25. The fourth-order valence-electron chi connectivity index (χ4n) is 4.18. The van der Waals surface area contributed by atoms with Gasteiger partial charge in [0.2, 0.25) is 5.91 Å². The van der Waals surface area contributed by atoms with Crippen molar-refractivity contribution in [2.75, 3.05) is 32.8 Å². The van der Waals surface area contributed by atoms with Gasteiger partial charge in [0.25, 0.3) is 0 Å². The zero-order valence-corrected chi connectivity index (χ0v) is 14.0. The first-order valence-electron chi connectivity index (χ1n) is 8.96. The highest BCUT2D eigenvalue weighted by Crippen LogP contribution is 2.36. The van der Waals surface area contributed by atoms with Crippen molar-refractivity contribution < 1.29 is 14.4 Å². The van der Waals surface area contributed by atoms with Crippen molar-refractivity contribution in [3.8, 4) is 0 Å². The summed E-state index contributed by atoms with van der Waals surface area (Å²) in [5.41, 5.74) is 1.31. The van der Waals surface area contributed by atoms with Gasteiger partial charge in [0.05, 0.1) is 32.3 Å². The third kappa shape index (κ3) is 3.45. The van der Waals surface area contributed by atoms with Crippen LogP contribution in [0.4, 0.5) is 0 Å². The van der Waals surface area contributed by atoms with Crippen LogP contribution in [0.15, 0.2) is 24.5 Å². The number of rotatable bonds is 4. The van der Waals surface area contributed by atoms with Crippen molar-refractivity contribution in [3.05, 3.63) is 30.1 Å². The summed E-state index contributed by atoms with van der Waals surface area (Å²) in [4.78, 5) is 24.2. The SMILES string of the molecule is O=C(C[C@@H]1OC[C@H]2CN(Cc3ccncc3)CC[C@H]21)N1CCCO1. The second kappa shape index (κ2) is 7.17. The molecular formula is C18H25N3O3. The van der Waals surface area contributed by atoms with E-state index in [0.717, 1.165) is 45.6 Å². The molecule has 0 saturated carbocycles. The van der Waals surface area contributed by atoms with E-state index in [1.165, 1.54) is 10.6 Å². The smallest absolute Gasteiger partial charge is 0.248 e. The molecule has 3 fully saturated rings. The molecule has 0 spiro atoms. The number of aromatic nitrogens is 1. The highest BCUT2D eigenvalue weighted by Gasteiger charge is 2.42. The summed E-state index contributed by atoms with van der Waals surface area (Å²) >= 11 is 0. The van der Waals surface area contributed by atoms with Gasteiger partial charge in [-0.2, -0.15) is 0 Å². The number of nitrogens with zero attached hydrogens (tertiary/aromatic N) is 3. The summed E-state index contributed by atoms with van der Waals surface area (Å²) in [5, 5.41) is 1.52. The van der Waals surface area contributed by atoms with Crippen LogP contribution in [0.1, 0.15) is 24.8 Å². The molecule has 3 aliphatic rings. The van der Waals surface area contributed by atoms with Crippen LogP contribution in [-0.2, 0) is 20.9 Å². The van der Waals surface area contributed by atoms with Gasteiger partial charge in [0.1, 0.15) is 0 Å². The molecule has 3 atom stereocenters. The highest BCUT2D eigenvalue weighted by atomic mass is 16.7. The van der Waals surface area contributed by atoms with Gasteiger partial charge >= 0.3 is 0 Å². The molecule has 3 saturated heterocycles. The fraction of sp³-hybridized carbons (Fsp3) is 0.667. The van der Waals surface area contributed by atoms with Gasteiger partial charge in [-0.05, 0) is 43.0 Å². The molecule has 1 amide bonds. The van der Waals surface area contributed by atoms with E-state index in [-0.39, 0.29) is 12.0 Å². The molecule has 3 aliphatic heterocycles. The summed E-state index contributed by atoms with van der Waals surface area (Å²) in [6.07, 6.45) is 6.27. The van der Waals surface area contributed by atoms with Crippen molar-refractivity contribution in [3.63, 3.8) is 0 Å². The van der Waals surface area contributed by atoms with Crippen LogP contribution < -0.4 is 0 Å². The van der Waals surface area contributed by atoms with Crippen LogP contribution in [0.2, 0.25) is 0 Å². The summed E-state index contributed by atoms with van der Waals surface area (Å²) in [7, 11) is 0. The number of carbonyl (C=O) groups is 1. The molecule has 6 heteroatoms. The minimum Gasteiger partial charge on any atom is -0.377 e. The molecule has 4 heterocycles. The molecule has 0 aliphatic carbocycles. The minimum absolute atomic E-state index is 0.0646. The Hall–Kier alpha value is -1.50. The number of carbonyl (C=O) groups excluding carboxylic acids is 1. The Morgan fingerprint density at radius 2 is 2.17 bits per heavy atom. The predicted octanol–water partition coefficient (Wildman–Crippen LogP) is 1.47. The Labute approximate surface area is 142 Å². The average Bonchev–Trinajstić information content (AvgIpc) is 3.26. The second-order valence-corrected chi connectivity index (χ2v) is 7.06. The fourth-order valence-corrected chi connectivity index (χ4v) is 4.18. The lowest BCUT2D eigenvalue weighted by molar-refractivity contribution is -0.171. The first-order chi connectivity index (χ1) is 11.8. The second-order valence-electron chi connectivity index (χ2n) is 7.06. The largest absolute Gasteiger partial charge is 0.377 e. The molecule has 0 unspecified atom stereocenters. The van der Waals surface area contributed by atoms with Crippen LogP contribution in [0.3, 0.4) is 0 Å². The van der Waals surface area contributed by atoms with E-state index in [1.807, 2.05) is 12.4 Å². The lowest BCUT2D eigenvalue weighted by Crippen LogP contribution is -2.42. The van der Waals surface area contributed by atoms with Gasteiger partial charge in [-0.3, -0.25) is 19.5 Å². The summed E-state index contributed by atoms with van der Waals surface area (Å²) < 4.78 is 5.99. The number of hydrogen-bond acceptors (Lipinski definition) is 5. The van der Waals surface area contributed by atoms with Gasteiger partial charge in [0.15, 0.2) is 0 Å². The van der Waals surface area contributed by atoms with E-state index in [0.29, 0.717) is 24.9 Å². The van der Waals surface area contributed by atoms with Crippen molar-refractivity contribution in [1.82, 2.24) is 14.9 Å². The van der Waals surface area contributed by atoms with Gasteiger partial charge in [-0.25, -0.2) is 5.06 Å². The number of fused-ring (bicyclic) bond motifs is 1. The molecule has 0 N–H and O–H groups in total. The topological polar surface area (TPSA) is 54.9 Å². The first kappa shape index (κ1) is 16.0. The molecule has 1 aromatic rings. The van der Waals surface area contributed by atoms with E-state index in [4.69, 9.17) is 9.57 Å². The Balaban J connectivity index is 1.30. The third-order valence-electron chi connectivity index (χ3n) is 5.44. The average molecular weight is 331 g/mol. The number of piperidine rings is 1. The number of pyridine rings is 1. The molecular weight excluding hydrogens is 306 g/mol. The number of likely N-dealkylation sites (tertiary alicyclic amines) is 1. The van der Waals surface area contributed by atoms with Crippen molar-refractivity contribution in [2.45, 2.75) is 31.9 Å². The Bertz CT molecular complexity index is 562. The van der Waals surface area contributed by atoms with Crippen molar-refractivity contribution >= 4 is 5.91 Å². The normalized spacial score (nSPS) is 30.5. The van der Waals surface area contributed by atoms with E-state index in [2.05, 4.69) is 22.0 Å². The zero-order chi connectivity index (χ0) is 16.4. The number of ether oxygens (including phenoxy) is 1. The standard InChI is InChI=1S/C18H25N3O3/c22-18(21-7-1-9-24-21)10-17-16-4-8-20(12-15(16)13-23-17)11-14-2-5-19-6-3-14/h2-3,5-6,15-17H,1,4,7-13H2/t15-,16-,17+/m1/s1. The summed E-state index contributed by atoms with van der Waals surface area (Å²) in [6, 6.07) is 4.16. The number of amides is 1. The quantitative estimate of drug-likeness (QED) is 0.836. The molecule has 0 aromatic carbocycles. The summed E-state index contributed by atoms with van der Waals surface area (Å²) in [5.74, 6) is 1.13. The van der Waals surface area contributed by atoms with Crippen LogP contribution >= 0.6 is 0 Å². The third-order valence-corrected chi connectivity index (χ3v) is 5.44. The van der Waals surface area contributed by atoms with E-state index < -0.39 is 0 Å². The number of hydroxylamine groups is 2. The maximum atomic E-state index is 12.3. The minimum atomic E-state index is 0.0646. The lowest BCUT2D eigenvalue weighted by Gasteiger charge is -2.35. The van der Waals surface area contributed by atoms with Crippen molar-refractivity contribution in [2.24, 2.45) is 11.8 Å². The molecule has 130 valence electrons. The van der Waals surface area contributed by atoms with E-state index in [9.17, 15) is 4.79 Å². The van der Waals surface area contributed by atoms with Gasteiger partial charge in [-0.1, -0.05) is 0 Å².